The topological polar surface area (TPSA) is 74.6 Å². The van der Waals surface area contributed by atoms with E-state index in [1.807, 2.05) is 18.5 Å². The molecule has 166 valence electrons. The molecule has 0 aliphatic carbocycles. The average Bonchev–Trinajstić information content (AvgIpc) is 3.11. The third-order valence-electron chi connectivity index (χ3n) is 5.88. The van der Waals surface area contributed by atoms with Crippen LogP contribution in [0.4, 0.5) is 0 Å². The second-order valence-corrected chi connectivity index (χ2v) is 10.3. The summed E-state index contributed by atoms with van der Waals surface area (Å²) in [7, 11) is -0.383. The zero-order valence-electron chi connectivity index (χ0n) is 18.4. The lowest BCUT2D eigenvalue weighted by molar-refractivity contribution is 0.119. The molecular formula is C22H30N6O2S. The standard InChI is InChI=1S/C22H30N6O2S/c1-4-28-21-6-5-19(31(29,30)25(2)3)15-20(21)24-22(28)17-27-13-11-26(12-14-27)16-18-7-9-23-10-8-18/h5-10,15H,4,11-14,16-17H2,1-3H3. The molecule has 3 heterocycles. The van der Waals surface area contributed by atoms with Gasteiger partial charge >= 0.3 is 0 Å². The molecule has 9 heteroatoms. The first kappa shape index (κ1) is 21.9. The zero-order valence-corrected chi connectivity index (χ0v) is 19.2. The smallest absolute Gasteiger partial charge is 0.242 e. The summed E-state index contributed by atoms with van der Waals surface area (Å²) in [6, 6.07) is 9.37. The van der Waals surface area contributed by atoms with Crippen LogP contribution >= 0.6 is 0 Å². The van der Waals surface area contributed by atoms with Crippen LogP contribution < -0.4 is 0 Å². The van der Waals surface area contributed by atoms with Crippen LogP contribution in [0.2, 0.25) is 0 Å². The van der Waals surface area contributed by atoms with Gasteiger partial charge in [-0.1, -0.05) is 0 Å². The third-order valence-corrected chi connectivity index (χ3v) is 7.69. The Hall–Kier alpha value is -2.33. The molecule has 0 radical (unpaired) electrons. The monoisotopic (exact) mass is 442 g/mol. The fourth-order valence-corrected chi connectivity index (χ4v) is 4.98. The Kier molecular flexibility index (Phi) is 6.38. The molecule has 3 aromatic rings. The van der Waals surface area contributed by atoms with Crippen LogP contribution in [0.1, 0.15) is 18.3 Å². The Morgan fingerprint density at radius 2 is 1.61 bits per heavy atom. The normalized spacial score (nSPS) is 16.4. The molecule has 1 fully saturated rings. The van der Waals surface area contributed by atoms with Crippen molar-refractivity contribution < 1.29 is 8.42 Å². The second kappa shape index (κ2) is 9.04. The Morgan fingerprint density at radius 1 is 0.968 bits per heavy atom. The van der Waals surface area contributed by atoms with Crippen molar-refractivity contribution >= 4 is 21.1 Å². The van der Waals surface area contributed by atoms with E-state index >= 15 is 0 Å². The van der Waals surface area contributed by atoms with E-state index in [4.69, 9.17) is 4.98 Å². The maximum atomic E-state index is 12.5. The van der Waals surface area contributed by atoms with E-state index in [2.05, 4.69) is 38.4 Å². The van der Waals surface area contributed by atoms with E-state index in [9.17, 15) is 8.42 Å². The summed E-state index contributed by atoms with van der Waals surface area (Å²) in [6.45, 7) is 8.61. The van der Waals surface area contributed by atoms with Crippen molar-refractivity contribution in [3.8, 4) is 0 Å². The zero-order chi connectivity index (χ0) is 22.0. The highest BCUT2D eigenvalue weighted by molar-refractivity contribution is 7.89. The number of hydrogen-bond acceptors (Lipinski definition) is 6. The molecule has 1 aromatic carbocycles. The number of nitrogens with zero attached hydrogens (tertiary/aromatic N) is 6. The predicted octanol–water partition coefficient (Wildman–Crippen LogP) is 2.02. The maximum absolute atomic E-state index is 12.5. The van der Waals surface area contributed by atoms with E-state index < -0.39 is 10.0 Å². The van der Waals surface area contributed by atoms with Crippen molar-refractivity contribution in [1.82, 2.24) is 28.6 Å². The molecule has 1 aliphatic rings. The van der Waals surface area contributed by atoms with Gasteiger partial charge in [-0.05, 0) is 42.8 Å². The minimum absolute atomic E-state index is 0.280. The molecule has 0 atom stereocenters. The van der Waals surface area contributed by atoms with Crippen molar-refractivity contribution in [1.29, 1.82) is 0 Å². The summed E-state index contributed by atoms with van der Waals surface area (Å²) in [5, 5.41) is 0. The Labute approximate surface area is 184 Å². The van der Waals surface area contributed by atoms with Crippen LogP contribution in [0.5, 0.6) is 0 Å². The Morgan fingerprint density at radius 3 is 2.23 bits per heavy atom. The van der Waals surface area contributed by atoms with Gasteiger partial charge in [-0.2, -0.15) is 0 Å². The van der Waals surface area contributed by atoms with Crippen molar-refractivity contribution in [2.75, 3.05) is 40.3 Å². The molecule has 0 saturated carbocycles. The number of fused-ring (bicyclic) bond motifs is 1. The van der Waals surface area contributed by atoms with Crippen molar-refractivity contribution in [3.05, 3.63) is 54.1 Å². The first-order chi connectivity index (χ1) is 14.9. The van der Waals surface area contributed by atoms with Crippen LogP contribution in [0.25, 0.3) is 11.0 Å². The Balaban J connectivity index is 1.47. The first-order valence-electron chi connectivity index (χ1n) is 10.6. The summed E-state index contributed by atoms with van der Waals surface area (Å²) >= 11 is 0. The molecule has 0 amide bonds. The van der Waals surface area contributed by atoms with E-state index in [1.54, 1.807) is 26.2 Å². The number of rotatable bonds is 7. The van der Waals surface area contributed by atoms with Gasteiger partial charge in [-0.25, -0.2) is 17.7 Å². The van der Waals surface area contributed by atoms with Crippen LogP contribution in [0.3, 0.4) is 0 Å². The number of aryl methyl sites for hydroxylation is 1. The number of piperazine rings is 1. The highest BCUT2D eigenvalue weighted by atomic mass is 32.2. The number of hydrogen-bond donors (Lipinski definition) is 0. The van der Waals surface area contributed by atoms with E-state index in [0.717, 1.165) is 62.7 Å². The quantitative estimate of drug-likeness (QED) is 0.557. The van der Waals surface area contributed by atoms with Crippen molar-refractivity contribution in [2.24, 2.45) is 0 Å². The van der Waals surface area contributed by atoms with Crippen molar-refractivity contribution in [3.63, 3.8) is 0 Å². The molecule has 0 unspecified atom stereocenters. The summed E-state index contributed by atoms with van der Waals surface area (Å²) in [5.41, 5.74) is 3.00. The molecule has 0 spiro atoms. The molecule has 0 N–H and O–H groups in total. The molecular weight excluding hydrogens is 412 g/mol. The molecule has 8 nitrogen and oxygen atoms in total. The van der Waals surface area contributed by atoms with E-state index in [-0.39, 0.29) is 4.90 Å². The van der Waals surface area contributed by atoms with Crippen LogP contribution in [-0.2, 0) is 29.7 Å². The van der Waals surface area contributed by atoms with Crippen molar-refractivity contribution in [2.45, 2.75) is 31.5 Å². The van der Waals surface area contributed by atoms with Crippen LogP contribution in [0, 0.1) is 0 Å². The Bertz CT molecular complexity index is 1140. The van der Waals surface area contributed by atoms with Gasteiger partial charge in [0.15, 0.2) is 0 Å². The summed E-state index contributed by atoms with van der Waals surface area (Å²) in [5.74, 6) is 0.986. The van der Waals surface area contributed by atoms with Crippen LogP contribution in [-0.4, -0.2) is 77.3 Å². The largest absolute Gasteiger partial charge is 0.327 e. The van der Waals surface area contributed by atoms with Crippen LogP contribution in [0.15, 0.2) is 47.6 Å². The molecule has 0 bridgehead atoms. The summed E-state index contributed by atoms with van der Waals surface area (Å²) in [6.07, 6.45) is 3.69. The van der Waals surface area contributed by atoms with Gasteiger partial charge in [0.25, 0.3) is 0 Å². The highest BCUT2D eigenvalue weighted by Gasteiger charge is 2.22. The first-order valence-corrected chi connectivity index (χ1v) is 12.1. The molecule has 1 aliphatic heterocycles. The summed E-state index contributed by atoms with van der Waals surface area (Å²) < 4.78 is 28.4. The van der Waals surface area contributed by atoms with Gasteiger partial charge < -0.3 is 4.57 Å². The number of pyridine rings is 1. The minimum atomic E-state index is -3.47. The summed E-state index contributed by atoms with van der Waals surface area (Å²) in [4.78, 5) is 14.1. The molecule has 2 aromatic heterocycles. The van der Waals surface area contributed by atoms with Gasteiger partial charge in [0.1, 0.15) is 5.82 Å². The number of sulfonamides is 1. The number of imidazole rings is 1. The van der Waals surface area contributed by atoms with Gasteiger partial charge in [-0.3, -0.25) is 14.8 Å². The lowest BCUT2D eigenvalue weighted by atomic mass is 10.2. The molecule has 4 rings (SSSR count). The van der Waals surface area contributed by atoms with Gasteiger partial charge in [0.05, 0.1) is 22.5 Å². The third kappa shape index (κ3) is 4.64. The number of aromatic nitrogens is 3. The van der Waals surface area contributed by atoms with Gasteiger partial charge in [0, 0.05) is 65.8 Å². The van der Waals surface area contributed by atoms with E-state index in [1.165, 1.54) is 9.87 Å². The maximum Gasteiger partial charge on any atom is 0.242 e. The minimum Gasteiger partial charge on any atom is -0.327 e. The van der Waals surface area contributed by atoms with E-state index in [0.29, 0.717) is 0 Å². The molecule has 1 saturated heterocycles. The predicted molar refractivity (Wildman–Crippen MR) is 121 cm³/mol. The molecule has 31 heavy (non-hydrogen) atoms. The SMILES string of the molecule is CCn1c(CN2CCN(Cc3ccncc3)CC2)nc2cc(S(=O)(=O)N(C)C)ccc21. The highest BCUT2D eigenvalue weighted by Crippen LogP contribution is 2.23. The van der Waals surface area contributed by atoms with Gasteiger partial charge in [-0.15, -0.1) is 0 Å². The lowest BCUT2D eigenvalue weighted by Gasteiger charge is -2.34. The average molecular weight is 443 g/mol. The fraction of sp³-hybridized carbons (Fsp3) is 0.455. The number of benzene rings is 1. The van der Waals surface area contributed by atoms with Gasteiger partial charge in [0.2, 0.25) is 10.0 Å². The second-order valence-electron chi connectivity index (χ2n) is 8.12. The lowest BCUT2D eigenvalue weighted by Crippen LogP contribution is -2.45. The fourth-order valence-electron chi connectivity index (χ4n) is 4.06.